The molecule has 2 aromatic heterocycles. The van der Waals surface area contributed by atoms with Crippen LogP contribution in [0.2, 0.25) is 0 Å². The molecule has 0 N–H and O–H groups in total. The van der Waals surface area contributed by atoms with Crippen LogP contribution in [0, 0.1) is 5.51 Å². The Balaban J connectivity index is 0.000000853. The molecule has 0 unspecified atom stereocenters. The Morgan fingerprint density at radius 3 is 2.80 bits per heavy atom. The first-order valence-electron chi connectivity index (χ1n) is 4.07. The van der Waals surface area contributed by atoms with Crippen molar-refractivity contribution in [2.45, 2.75) is 0 Å². The Morgan fingerprint density at radius 1 is 1.20 bits per heavy atom. The van der Waals surface area contributed by atoms with Gasteiger partial charge in [0.2, 0.25) is 0 Å². The van der Waals surface area contributed by atoms with Gasteiger partial charge in [0.1, 0.15) is 0 Å². The minimum absolute atomic E-state index is 0. The van der Waals surface area contributed by atoms with Gasteiger partial charge in [-0.3, -0.25) is 11.3 Å². The van der Waals surface area contributed by atoms with E-state index < -0.39 is 0 Å². The van der Waals surface area contributed by atoms with Crippen LogP contribution < -0.4 is 18.9 Å². The summed E-state index contributed by atoms with van der Waals surface area (Å²) >= 11 is 1.49. The summed E-state index contributed by atoms with van der Waals surface area (Å²) in [7, 11) is 0. The number of rotatable bonds is 1. The summed E-state index contributed by atoms with van der Waals surface area (Å²) in [6, 6.07) is 5.89. The first-order valence-corrected chi connectivity index (χ1v) is 4.88. The van der Waals surface area contributed by atoms with E-state index in [2.05, 4.69) is 20.7 Å². The van der Waals surface area contributed by atoms with Crippen LogP contribution in [-0.2, 0) is 0 Å². The number of nitrogens with zero attached hydrogens (tertiary/aromatic N) is 4. The second-order valence-electron chi connectivity index (χ2n) is 2.78. The average molecular weight is 208 g/mol. The van der Waals surface area contributed by atoms with Crippen LogP contribution in [-0.4, -0.2) is 20.0 Å². The molecular formula is C9H5LiN4S. The molecule has 68 valence electrons. The predicted molar refractivity (Wildman–Crippen MR) is 53.4 cm³/mol. The Bertz CT molecular complexity index is 560. The molecule has 0 saturated heterocycles. The normalized spacial score (nSPS) is 10.1. The van der Waals surface area contributed by atoms with Gasteiger partial charge in [0, 0.05) is 0 Å². The summed E-state index contributed by atoms with van der Waals surface area (Å²) in [5, 5.41) is 8.11. The largest absolute Gasteiger partial charge is 1.00 e. The summed E-state index contributed by atoms with van der Waals surface area (Å²) in [5.41, 5.74) is 4.76. The molecule has 0 atom stereocenters. The van der Waals surface area contributed by atoms with Gasteiger partial charge in [0.15, 0.2) is 0 Å². The predicted octanol–water partition coefficient (Wildman–Crippen LogP) is -1.32. The second-order valence-corrected chi connectivity index (χ2v) is 3.60. The Labute approximate surface area is 102 Å². The smallest absolute Gasteiger partial charge is 0.386 e. The molecular weight excluding hydrogens is 203 g/mol. The number of hydrogen-bond donors (Lipinski definition) is 0. The number of fused-ring (bicyclic) bond motifs is 1. The minimum Gasteiger partial charge on any atom is -0.386 e. The van der Waals surface area contributed by atoms with Gasteiger partial charge in [-0.15, -0.1) is 6.07 Å². The number of aromatic nitrogens is 4. The van der Waals surface area contributed by atoms with Crippen LogP contribution in [0.4, 0.5) is 0 Å². The molecule has 3 aromatic rings. The van der Waals surface area contributed by atoms with E-state index >= 15 is 0 Å². The van der Waals surface area contributed by atoms with Crippen molar-refractivity contribution < 1.29 is 18.9 Å². The van der Waals surface area contributed by atoms with Gasteiger partial charge >= 0.3 is 18.9 Å². The second kappa shape index (κ2) is 4.15. The molecule has 3 rings (SSSR count). The molecule has 4 nitrogen and oxygen atoms in total. The van der Waals surface area contributed by atoms with Gasteiger partial charge in [-0.05, 0) is 11.6 Å². The Hall–Kier alpha value is -1.15. The van der Waals surface area contributed by atoms with Gasteiger partial charge in [-0.25, -0.2) is 0 Å². The average Bonchev–Trinajstić information content (AvgIpc) is 2.88. The van der Waals surface area contributed by atoms with E-state index in [0.717, 1.165) is 15.9 Å². The Kier molecular flexibility index (Phi) is 2.87. The molecule has 0 aliphatic carbocycles. The summed E-state index contributed by atoms with van der Waals surface area (Å²) in [6.45, 7) is 0. The zero-order chi connectivity index (χ0) is 9.38. The fraction of sp³-hybridized carbons (Fsp3) is 0. The molecule has 0 spiro atoms. The van der Waals surface area contributed by atoms with E-state index in [4.69, 9.17) is 0 Å². The van der Waals surface area contributed by atoms with Crippen molar-refractivity contribution in [1.82, 2.24) is 20.0 Å². The van der Waals surface area contributed by atoms with Crippen LogP contribution in [0.1, 0.15) is 0 Å². The molecule has 0 aliphatic rings. The maximum atomic E-state index is 4.08. The SMILES string of the molecule is [Li+].[c-]1nc2ccc(-n3nccn3)cc2s1. The van der Waals surface area contributed by atoms with Gasteiger partial charge < -0.3 is 4.98 Å². The third kappa shape index (κ3) is 1.82. The fourth-order valence-electron chi connectivity index (χ4n) is 1.27. The van der Waals surface area contributed by atoms with Crippen molar-refractivity contribution in [3.8, 4) is 5.69 Å². The molecule has 0 radical (unpaired) electrons. The fourth-order valence-corrected chi connectivity index (χ4v) is 1.91. The summed E-state index contributed by atoms with van der Waals surface area (Å²) < 4.78 is 1.10. The monoisotopic (exact) mass is 208 g/mol. The summed E-state index contributed by atoms with van der Waals surface area (Å²) in [4.78, 5) is 5.67. The van der Waals surface area contributed by atoms with E-state index in [9.17, 15) is 0 Å². The molecule has 0 bridgehead atoms. The maximum Gasteiger partial charge on any atom is 1.00 e. The van der Waals surface area contributed by atoms with E-state index in [-0.39, 0.29) is 18.9 Å². The zero-order valence-electron chi connectivity index (χ0n) is 8.08. The molecule has 0 amide bonds. The topological polar surface area (TPSA) is 43.6 Å². The molecule has 0 aliphatic heterocycles. The van der Waals surface area contributed by atoms with E-state index in [1.807, 2.05) is 18.2 Å². The van der Waals surface area contributed by atoms with Crippen molar-refractivity contribution in [3.05, 3.63) is 36.1 Å². The molecule has 6 heteroatoms. The first-order chi connectivity index (χ1) is 6.93. The molecule has 1 aromatic carbocycles. The van der Waals surface area contributed by atoms with E-state index in [0.29, 0.717) is 0 Å². The van der Waals surface area contributed by atoms with Gasteiger partial charge in [0.05, 0.1) is 18.1 Å². The zero-order valence-corrected chi connectivity index (χ0v) is 8.90. The standard InChI is InChI=1S/C9H5N4S.Li/c1-2-8-9(14-6-10-8)5-7(1)13-11-3-4-12-13;/h1-5H;/q-1;+1. The maximum absolute atomic E-state index is 4.08. The van der Waals surface area contributed by atoms with E-state index in [1.165, 1.54) is 11.3 Å². The van der Waals surface area contributed by atoms with Gasteiger partial charge in [-0.1, -0.05) is 16.3 Å². The van der Waals surface area contributed by atoms with Crippen LogP contribution in [0.25, 0.3) is 15.9 Å². The van der Waals surface area contributed by atoms with Gasteiger partial charge in [-0.2, -0.15) is 15.0 Å². The van der Waals surface area contributed by atoms with Gasteiger partial charge in [0.25, 0.3) is 0 Å². The van der Waals surface area contributed by atoms with Crippen molar-refractivity contribution >= 4 is 21.6 Å². The number of benzene rings is 1. The van der Waals surface area contributed by atoms with Crippen LogP contribution in [0.5, 0.6) is 0 Å². The minimum atomic E-state index is 0. The van der Waals surface area contributed by atoms with Crippen LogP contribution in [0.15, 0.2) is 30.6 Å². The summed E-state index contributed by atoms with van der Waals surface area (Å²) in [5.74, 6) is 0. The molecule has 15 heavy (non-hydrogen) atoms. The van der Waals surface area contributed by atoms with Crippen molar-refractivity contribution in [2.75, 3.05) is 0 Å². The Morgan fingerprint density at radius 2 is 2.00 bits per heavy atom. The third-order valence-electron chi connectivity index (χ3n) is 1.91. The quantitative estimate of drug-likeness (QED) is 0.368. The van der Waals surface area contributed by atoms with Crippen LogP contribution >= 0.6 is 11.3 Å². The van der Waals surface area contributed by atoms with Crippen molar-refractivity contribution in [3.63, 3.8) is 0 Å². The molecule has 0 fully saturated rings. The molecule has 2 heterocycles. The summed E-state index contributed by atoms with van der Waals surface area (Å²) in [6.07, 6.45) is 3.31. The number of thiazole rings is 1. The molecule has 0 saturated carbocycles. The third-order valence-corrected chi connectivity index (χ3v) is 2.64. The van der Waals surface area contributed by atoms with E-state index in [1.54, 1.807) is 17.2 Å². The van der Waals surface area contributed by atoms with Crippen molar-refractivity contribution in [2.24, 2.45) is 0 Å². The van der Waals surface area contributed by atoms with Crippen molar-refractivity contribution in [1.29, 1.82) is 0 Å². The first kappa shape index (κ1) is 10.4. The number of hydrogen-bond acceptors (Lipinski definition) is 4. The van der Waals surface area contributed by atoms with Crippen LogP contribution in [0.3, 0.4) is 0 Å².